The van der Waals surface area contributed by atoms with E-state index in [0.29, 0.717) is 43.7 Å². The summed E-state index contributed by atoms with van der Waals surface area (Å²) < 4.78 is 0. The highest BCUT2D eigenvalue weighted by atomic mass is 16.2. The lowest BCUT2D eigenvalue weighted by Gasteiger charge is -2.38. The molecule has 5 amide bonds. The van der Waals surface area contributed by atoms with Gasteiger partial charge in [-0.15, -0.1) is 0 Å². The van der Waals surface area contributed by atoms with Crippen LogP contribution in [-0.2, 0) is 4.79 Å². The first-order valence-electron chi connectivity index (χ1n) is 10.1. The summed E-state index contributed by atoms with van der Waals surface area (Å²) >= 11 is 0. The molecule has 2 heterocycles. The molecule has 3 aliphatic rings. The van der Waals surface area contributed by atoms with Gasteiger partial charge >= 0.3 is 12.1 Å². The summed E-state index contributed by atoms with van der Waals surface area (Å²) in [5.74, 6) is 1.06. The molecule has 2 fully saturated rings. The SMILES string of the molecule is CC(C)[C@@H]1C[C@H](CNC(=O)N2CCCC3(C2)NC(=O)NC3=O)c2ccccc21. The first-order valence-corrected chi connectivity index (χ1v) is 10.1. The van der Waals surface area contributed by atoms with Crippen molar-refractivity contribution in [3.63, 3.8) is 0 Å². The van der Waals surface area contributed by atoms with Crippen molar-refractivity contribution in [2.45, 2.75) is 50.5 Å². The second-order valence-electron chi connectivity index (χ2n) is 8.61. The quantitative estimate of drug-likeness (QED) is 0.699. The molecule has 0 bridgehead atoms. The van der Waals surface area contributed by atoms with Crippen LogP contribution in [0.15, 0.2) is 24.3 Å². The minimum absolute atomic E-state index is 0.168. The van der Waals surface area contributed by atoms with E-state index in [9.17, 15) is 14.4 Å². The summed E-state index contributed by atoms with van der Waals surface area (Å²) in [6, 6.07) is 7.88. The van der Waals surface area contributed by atoms with Crippen LogP contribution in [0.25, 0.3) is 0 Å². The summed E-state index contributed by atoms with van der Waals surface area (Å²) in [6.45, 7) is 5.88. The van der Waals surface area contributed by atoms with E-state index in [1.807, 2.05) is 0 Å². The third-order valence-corrected chi connectivity index (χ3v) is 6.47. The maximum atomic E-state index is 12.8. The van der Waals surface area contributed by atoms with E-state index in [1.54, 1.807) is 4.90 Å². The van der Waals surface area contributed by atoms with Crippen LogP contribution in [0, 0.1) is 5.92 Å². The fourth-order valence-corrected chi connectivity index (χ4v) is 4.97. The number of imide groups is 1. The Morgan fingerprint density at radius 3 is 2.71 bits per heavy atom. The van der Waals surface area contributed by atoms with Crippen LogP contribution in [-0.4, -0.2) is 48.0 Å². The topological polar surface area (TPSA) is 90.5 Å². The number of piperidine rings is 1. The van der Waals surface area contributed by atoms with Crippen LogP contribution >= 0.6 is 0 Å². The largest absolute Gasteiger partial charge is 0.337 e. The minimum Gasteiger partial charge on any atom is -0.337 e. The van der Waals surface area contributed by atoms with Crippen LogP contribution < -0.4 is 16.0 Å². The fourth-order valence-electron chi connectivity index (χ4n) is 4.97. The molecule has 0 aromatic heterocycles. The predicted octanol–water partition coefficient (Wildman–Crippen LogP) is 2.30. The molecular weight excluding hydrogens is 356 g/mol. The van der Waals surface area contributed by atoms with Gasteiger partial charge in [-0.05, 0) is 42.2 Å². The second-order valence-corrected chi connectivity index (χ2v) is 8.61. The Bertz CT molecular complexity index is 809. The number of carbonyl (C=O) groups is 3. The van der Waals surface area contributed by atoms with Gasteiger partial charge < -0.3 is 15.5 Å². The fraction of sp³-hybridized carbons (Fsp3) is 0.571. The maximum absolute atomic E-state index is 12.8. The Labute approximate surface area is 165 Å². The average Bonchev–Trinajstić information content (AvgIpc) is 3.17. The standard InChI is InChI=1S/C21H28N4O3/c1-13(2)17-10-14(15-6-3-4-7-16(15)17)11-22-20(28)25-9-5-8-21(12-25)18(26)23-19(27)24-21/h3-4,6-7,13-14,17H,5,8-12H2,1-2H3,(H,22,28)(H2,23,24,26,27)/t14-,17+,21?/m1/s1. The van der Waals surface area contributed by atoms with E-state index in [4.69, 9.17) is 0 Å². The van der Waals surface area contributed by atoms with E-state index >= 15 is 0 Å². The van der Waals surface area contributed by atoms with E-state index in [1.165, 1.54) is 11.1 Å². The van der Waals surface area contributed by atoms with Gasteiger partial charge in [0.15, 0.2) is 0 Å². The van der Waals surface area contributed by atoms with Crippen molar-refractivity contribution in [3.8, 4) is 0 Å². The number of rotatable bonds is 3. The molecule has 1 aliphatic carbocycles. The molecule has 28 heavy (non-hydrogen) atoms. The zero-order chi connectivity index (χ0) is 19.9. The van der Waals surface area contributed by atoms with E-state index in [2.05, 4.69) is 54.1 Å². The summed E-state index contributed by atoms with van der Waals surface area (Å²) in [5, 5.41) is 8.07. The number of nitrogens with one attached hydrogen (secondary N) is 3. The Morgan fingerprint density at radius 2 is 2.04 bits per heavy atom. The monoisotopic (exact) mass is 384 g/mol. The molecule has 7 heteroatoms. The van der Waals surface area contributed by atoms with Crippen LogP contribution in [0.1, 0.15) is 56.1 Å². The Hall–Kier alpha value is -2.57. The Kier molecular flexibility index (Phi) is 4.77. The lowest BCUT2D eigenvalue weighted by molar-refractivity contribution is -0.125. The smallest absolute Gasteiger partial charge is 0.322 e. The zero-order valence-electron chi connectivity index (χ0n) is 16.5. The highest BCUT2D eigenvalue weighted by Gasteiger charge is 2.49. The van der Waals surface area contributed by atoms with Crippen LogP contribution in [0.2, 0.25) is 0 Å². The van der Waals surface area contributed by atoms with Gasteiger partial charge in [0.05, 0.1) is 6.54 Å². The molecule has 4 rings (SSSR count). The van der Waals surface area contributed by atoms with Crippen molar-refractivity contribution in [2.75, 3.05) is 19.6 Å². The molecular formula is C21H28N4O3. The first kappa shape index (κ1) is 18.8. The highest BCUT2D eigenvalue weighted by Crippen LogP contribution is 2.44. The van der Waals surface area contributed by atoms with Crippen LogP contribution in [0.5, 0.6) is 0 Å². The molecule has 7 nitrogen and oxygen atoms in total. The average molecular weight is 384 g/mol. The van der Waals surface area contributed by atoms with E-state index in [-0.39, 0.29) is 18.5 Å². The first-order chi connectivity index (χ1) is 13.4. The number of hydrogen-bond donors (Lipinski definition) is 3. The van der Waals surface area contributed by atoms with E-state index < -0.39 is 11.6 Å². The van der Waals surface area contributed by atoms with Crippen molar-refractivity contribution in [2.24, 2.45) is 5.92 Å². The summed E-state index contributed by atoms with van der Waals surface area (Å²) in [4.78, 5) is 38.2. The normalized spacial score (nSPS) is 29.0. The van der Waals surface area contributed by atoms with Crippen molar-refractivity contribution in [1.82, 2.24) is 20.9 Å². The van der Waals surface area contributed by atoms with Gasteiger partial charge in [0.25, 0.3) is 5.91 Å². The number of fused-ring (bicyclic) bond motifs is 1. The predicted molar refractivity (Wildman–Crippen MR) is 105 cm³/mol. The van der Waals surface area contributed by atoms with Gasteiger partial charge in [-0.1, -0.05) is 38.1 Å². The van der Waals surface area contributed by atoms with Crippen molar-refractivity contribution in [3.05, 3.63) is 35.4 Å². The minimum atomic E-state index is -0.977. The number of carbonyl (C=O) groups excluding carboxylic acids is 3. The van der Waals surface area contributed by atoms with Crippen LogP contribution in [0.4, 0.5) is 9.59 Å². The molecule has 3 atom stereocenters. The Balaban J connectivity index is 1.40. The molecule has 1 aromatic carbocycles. The summed E-state index contributed by atoms with van der Waals surface area (Å²) in [7, 11) is 0. The number of nitrogens with zero attached hydrogens (tertiary/aromatic N) is 1. The zero-order valence-corrected chi connectivity index (χ0v) is 16.5. The lowest BCUT2D eigenvalue weighted by atomic mass is 9.89. The number of urea groups is 2. The molecule has 1 aromatic rings. The molecule has 1 unspecified atom stereocenters. The highest BCUT2D eigenvalue weighted by molar-refractivity contribution is 6.07. The van der Waals surface area contributed by atoms with Gasteiger partial charge in [-0.25, -0.2) is 9.59 Å². The number of amides is 5. The maximum Gasteiger partial charge on any atom is 0.322 e. The van der Waals surface area contributed by atoms with Crippen molar-refractivity contribution >= 4 is 18.0 Å². The van der Waals surface area contributed by atoms with Gasteiger partial charge in [-0.2, -0.15) is 0 Å². The van der Waals surface area contributed by atoms with Crippen molar-refractivity contribution in [1.29, 1.82) is 0 Å². The molecule has 0 radical (unpaired) electrons. The van der Waals surface area contributed by atoms with Crippen LogP contribution in [0.3, 0.4) is 0 Å². The lowest BCUT2D eigenvalue weighted by Crippen LogP contribution is -2.61. The summed E-state index contributed by atoms with van der Waals surface area (Å²) in [5.41, 5.74) is 1.76. The molecule has 150 valence electrons. The Morgan fingerprint density at radius 1 is 1.29 bits per heavy atom. The molecule has 1 spiro atoms. The molecule has 3 N–H and O–H groups in total. The third-order valence-electron chi connectivity index (χ3n) is 6.47. The van der Waals surface area contributed by atoms with Crippen molar-refractivity contribution < 1.29 is 14.4 Å². The number of benzene rings is 1. The summed E-state index contributed by atoms with van der Waals surface area (Å²) in [6.07, 6.45) is 2.28. The number of likely N-dealkylation sites (tertiary alicyclic amines) is 1. The molecule has 0 saturated carbocycles. The molecule has 2 aliphatic heterocycles. The van der Waals surface area contributed by atoms with E-state index in [0.717, 1.165) is 6.42 Å². The second kappa shape index (κ2) is 7.11. The van der Waals surface area contributed by atoms with Gasteiger partial charge in [0, 0.05) is 19.0 Å². The van der Waals surface area contributed by atoms with Gasteiger partial charge in [-0.3, -0.25) is 10.1 Å². The number of hydrogen-bond acceptors (Lipinski definition) is 3. The molecule has 2 saturated heterocycles. The third kappa shape index (κ3) is 3.23. The van der Waals surface area contributed by atoms with Gasteiger partial charge in [0.1, 0.15) is 5.54 Å². The van der Waals surface area contributed by atoms with Gasteiger partial charge in [0.2, 0.25) is 0 Å².